The van der Waals surface area contributed by atoms with Gasteiger partial charge in [-0.15, -0.1) is 5.10 Å². The summed E-state index contributed by atoms with van der Waals surface area (Å²) in [5.74, 6) is 0. The van der Waals surface area contributed by atoms with Crippen LogP contribution in [0.5, 0.6) is 0 Å². The number of halogens is 2. The van der Waals surface area contributed by atoms with Crippen LogP contribution >= 0.6 is 23.2 Å². The zero-order chi connectivity index (χ0) is 11.4. The summed E-state index contributed by atoms with van der Waals surface area (Å²) in [5, 5.41) is 9.88. The van der Waals surface area contributed by atoms with Crippen LogP contribution in [-0.4, -0.2) is 10.2 Å². The molecule has 2 rings (SSSR count). The van der Waals surface area contributed by atoms with E-state index in [-0.39, 0.29) is 0 Å². The Bertz CT molecular complexity index is 469. The largest absolute Gasteiger partial charge is 0.158 e. The number of aryl methyl sites for hydroxylation is 1. The molecular formula is C11H12Cl2N2. The summed E-state index contributed by atoms with van der Waals surface area (Å²) in [6.07, 6.45) is 1.69. The van der Waals surface area contributed by atoms with E-state index in [0.29, 0.717) is 15.6 Å². The fourth-order valence-corrected chi connectivity index (χ4v) is 1.74. The molecule has 0 radical (unpaired) electrons. The van der Waals surface area contributed by atoms with Crippen molar-refractivity contribution in [1.82, 2.24) is 10.2 Å². The van der Waals surface area contributed by atoms with Crippen LogP contribution in [0.2, 0.25) is 10.0 Å². The molecule has 0 aliphatic heterocycles. The number of aromatic nitrogens is 2. The fourth-order valence-electron chi connectivity index (χ4n) is 1.21. The summed E-state index contributed by atoms with van der Waals surface area (Å²) in [6.45, 7) is 5.95. The van der Waals surface area contributed by atoms with Crippen LogP contribution < -0.4 is 0 Å². The van der Waals surface area contributed by atoms with Gasteiger partial charge in [0, 0.05) is 10.4 Å². The van der Waals surface area contributed by atoms with E-state index in [4.69, 9.17) is 23.2 Å². The first kappa shape index (κ1) is 12.2. The van der Waals surface area contributed by atoms with Gasteiger partial charge in [-0.05, 0) is 24.6 Å². The summed E-state index contributed by atoms with van der Waals surface area (Å²) in [4.78, 5) is 0. The summed E-state index contributed by atoms with van der Waals surface area (Å²) in [6, 6.07) is 3.51. The van der Waals surface area contributed by atoms with E-state index in [0.717, 1.165) is 10.9 Å². The molecule has 0 unspecified atom stereocenters. The quantitative estimate of drug-likeness (QED) is 0.690. The molecule has 0 bridgehead atoms. The lowest BCUT2D eigenvalue weighted by atomic mass is 10.1. The van der Waals surface area contributed by atoms with Crippen LogP contribution in [0.4, 0.5) is 0 Å². The van der Waals surface area contributed by atoms with Gasteiger partial charge in [0.05, 0.1) is 11.2 Å². The Morgan fingerprint density at radius 3 is 2.47 bits per heavy atom. The zero-order valence-electron chi connectivity index (χ0n) is 8.88. The van der Waals surface area contributed by atoms with Crippen LogP contribution in [0.1, 0.15) is 19.4 Å². The number of nitrogens with zero attached hydrogens (tertiary/aromatic N) is 2. The van der Waals surface area contributed by atoms with Crippen molar-refractivity contribution in [2.75, 3.05) is 0 Å². The second kappa shape index (κ2) is 5.29. The second-order valence-corrected chi connectivity index (χ2v) is 3.65. The van der Waals surface area contributed by atoms with Crippen molar-refractivity contribution in [3.05, 3.63) is 33.9 Å². The van der Waals surface area contributed by atoms with Gasteiger partial charge in [0.1, 0.15) is 5.52 Å². The molecule has 0 N–H and O–H groups in total. The molecule has 0 atom stereocenters. The molecule has 0 fully saturated rings. The molecule has 2 aromatic rings. The van der Waals surface area contributed by atoms with Crippen molar-refractivity contribution in [3.8, 4) is 0 Å². The van der Waals surface area contributed by atoms with Gasteiger partial charge in [0.2, 0.25) is 0 Å². The minimum Gasteiger partial charge on any atom is -0.158 e. The van der Waals surface area contributed by atoms with Crippen LogP contribution in [0.3, 0.4) is 0 Å². The van der Waals surface area contributed by atoms with Crippen LogP contribution in [0.25, 0.3) is 10.9 Å². The molecule has 0 saturated carbocycles. The topological polar surface area (TPSA) is 25.8 Å². The van der Waals surface area contributed by atoms with Gasteiger partial charge in [-0.25, -0.2) is 0 Å². The van der Waals surface area contributed by atoms with Gasteiger partial charge in [-0.1, -0.05) is 37.0 Å². The zero-order valence-corrected chi connectivity index (χ0v) is 10.4. The molecule has 0 saturated heterocycles. The minimum absolute atomic E-state index is 0.540. The Morgan fingerprint density at radius 1 is 1.13 bits per heavy atom. The van der Waals surface area contributed by atoms with Crippen molar-refractivity contribution in [3.63, 3.8) is 0 Å². The summed E-state index contributed by atoms with van der Waals surface area (Å²) in [5.41, 5.74) is 1.72. The smallest absolute Gasteiger partial charge is 0.112 e. The minimum atomic E-state index is 0.540. The Balaban J connectivity index is 0.000000531. The van der Waals surface area contributed by atoms with E-state index < -0.39 is 0 Å². The first-order valence-corrected chi connectivity index (χ1v) is 5.51. The van der Waals surface area contributed by atoms with E-state index in [1.807, 2.05) is 26.8 Å². The van der Waals surface area contributed by atoms with Gasteiger partial charge < -0.3 is 0 Å². The average molecular weight is 243 g/mol. The lowest BCUT2D eigenvalue weighted by Gasteiger charge is -2.01. The maximum absolute atomic E-state index is 5.95. The molecule has 1 aromatic heterocycles. The highest BCUT2D eigenvalue weighted by atomic mass is 35.5. The molecule has 4 heteroatoms. The van der Waals surface area contributed by atoms with Crippen molar-refractivity contribution in [2.45, 2.75) is 20.8 Å². The van der Waals surface area contributed by atoms with Crippen LogP contribution in [-0.2, 0) is 0 Å². The maximum atomic E-state index is 5.95. The SMILES string of the molecule is CC.Cc1cnnc2c(Cl)cc(Cl)cc12. The molecule has 1 aromatic carbocycles. The second-order valence-electron chi connectivity index (χ2n) is 2.81. The predicted octanol–water partition coefficient (Wildman–Crippen LogP) is 4.27. The number of rotatable bonds is 0. The molecular weight excluding hydrogens is 231 g/mol. The summed E-state index contributed by atoms with van der Waals surface area (Å²) >= 11 is 11.8. The average Bonchev–Trinajstić information content (AvgIpc) is 2.23. The first-order chi connectivity index (χ1) is 7.18. The number of hydrogen-bond donors (Lipinski definition) is 0. The normalized spacial score (nSPS) is 9.67. The monoisotopic (exact) mass is 242 g/mol. The molecule has 80 valence electrons. The highest BCUT2D eigenvalue weighted by molar-refractivity contribution is 6.38. The first-order valence-electron chi connectivity index (χ1n) is 4.75. The third kappa shape index (κ3) is 2.58. The van der Waals surface area contributed by atoms with E-state index in [9.17, 15) is 0 Å². The molecule has 0 aliphatic carbocycles. The molecule has 1 heterocycles. The number of benzene rings is 1. The number of fused-ring (bicyclic) bond motifs is 1. The van der Waals surface area contributed by atoms with Gasteiger partial charge in [-0.3, -0.25) is 0 Å². The van der Waals surface area contributed by atoms with Gasteiger partial charge >= 0.3 is 0 Å². The predicted molar refractivity (Wildman–Crippen MR) is 65.6 cm³/mol. The van der Waals surface area contributed by atoms with E-state index in [1.54, 1.807) is 12.3 Å². The Hall–Kier alpha value is -0.860. The third-order valence-electron chi connectivity index (χ3n) is 1.86. The summed E-state index contributed by atoms with van der Waals surface area (Å²) in [7, 11) is 0. The standard InChI is InChI=1S/C9H6Cl2N2.C2H6/c1-5-4-12-13-9-7(5)2-6(10)3-8(9)11;1-2/h2-4H,1H3;1-2H3. The highest BCUT2D eigenvalue weighted by Crippen LogP contribution is 2.27. The van der Waals surface area contributed by atoms with E-state index >= 15 is 0 Å². The summed E-state index contributed by atoms with van der Waals surface area (Å²) < 4.78 is 0. The third-order valence-corrected chi connectivity index (χ3v) is 2.37. The van der Waals surface area contributed by atoms with Gasteiger partial charge in [0.25, 0.3) is 0 Å². The Morgan fingerprint density at radius 2 is 1.80 bits per heavy atom. The Labute approximate surface area is 99.2 Å². The fraction of sp³-hybridized carbons (Fsp3) is 0.273. The highest BCUT2D eigenvalue weighted by Gasteiger charge is 2.04. The van der Waals surface area contributed by atoms with Crippen molar-refractivity contribution in [2.24, 2.45) is 0 Å². The van der Waals surface area contributed by atoms with Gasteiger partial charge in [-0.2, -0.15) is 5.10 Å². The maximum Gasteiger partial charge on any atom is 0.112 e. The molecule has 0 aliphatic rings. The van der Waals surface area contributed by atoms with Crippen molar-refractivity contribution < 1.29 is 0 Å². The lowest BCUT2D eigenvalue weighted by Crippen LogP contribution is -1.87. The van der Waals surface area contributed by atoms with Crippen molar-refractivity contribution in [1.29, 1.82) is 0 Å². The van der Waals surface area contributed by atoms with Gasteiger partial charge in [0.15, 0.2) is 0 Å². The van der Waals surface area contributed by atoms with Crippen LogP contribution in [0, 0.1) is 6.92 Å². The van der Waals surface area contributed by atoms with Crippen LogP contribution in [0.15, 0.2) is 18.3 Å². The molecule has 15 heavy (non-hydrogen) atoms. The van der Waals surface area contributed by atoms with E-state index in [1.165, 1.54) is 0 Å². The molecule has 2 nitrogen and oxygen atoms in total. The lowest BCUT2D eigenvalue weighted by molar-refractivity contribution is 1.06. The molecule has 0 spiro atoms. The van der Waals surface area contributed by atoms with Crippen molar-refractivity contribution >= 4 is 34.1 Å². The Kier molecular flexibility index (Phi) is 4.30. The number of hydrogen-bond acceptors (Lipinski definition) is 2. The van der Waals surface area contributed by atoms with E-state index in [2.05, 4.69) is 10.2 Å². The molecule has 0 amide bonds.